The summed E-state index contributed by atoms with van der Waals surface area (Å²) in [4.78, 5) is 27.1. The standard InChI is InChI=1S/C21H32N2O3/c1-17-7-9-18(10-8-17)19(24)6-4-13-23-14-5-11-21(2,16-23)20(25)22-12-15-26-3/h7-10H,4-6,11-16H2,1-3H3,(H,22,25). The van der Waals surface area contributed by atoms with E-state index in [1.54, 1.807) is 7.11 Å². The topological polar surface area (TPSA) is 58.6 Å². The number of piperidine rings is 1. The lowest BCUT2D eigenvalue weighted by atomic mass is 9.81. The van der Waals surface area contributed by atoms with Gasteiger partial charge in [-0.3, -0.25) is 9.59 Å². The first-order chi connectivity index (χ1) is 12.4. The molecule has 0 spiro atoms. The van der Waals surface area contributed by atoms with Crippen LogP contribution < -0.4 is 5.32 Å². The molecule has 1 saturated heterocycles. The third kappa shape index (κ3) is 5.92. The Bertz CT molecular complexity index is 600. The van der Waals surface area contributed by atoms with Crippen molar-refractivity contribution in [1.82, 2.24) is 10.2 Å². The van der Waals surface area contributed by atoms with E-state index in [4.69, 9.17) is 4.74 Å². The molecule has 1 heterocycles. The molecule has 0 radical (unpaired) electrons. The van der Waals surface area contributed by atoms with E-state index in [1.165, 1.54) is 0 Å². The minimum absolute atomic E-state index is 0.106. The smallest absolute Gasteiger partial charge is 0.227 e. The number of hydrogen-bond donors (Lipinski definition) is 1. The Morgan fingerprint density at radius 1 is 1.27 bits per heavy atom. The Kier molecular flexibility index (Phi) is 7.79. The van der Waals surface area contributed by atoms with Gasteiger partial charge >= 0.3 is 0 Å². The van der Waals surface area contributed by atoms with Gasteiger partial charge in [0.1, 0.15) is 0 Å². The van der Waals surface area contributed by atoms with Gasteiger partial charge in [-0.05, 0) is 46.2 Å². The van der Waals surface area contributed by atoms with Crippen molar-refractivity contribution < 1.29 is 14.3 Å². The number of methoxy groups -OCH3 is 1. The van der Waals surface area contributed by atoms with E-state index < -0.39 is 0 Å². The predicted molar refractivity (Wildman–Crippen MR) is 103 cm³/mol. The van der Waals surface area contributed by atoms with E-state index in [-0.39, 0.29) is 17.1 Å². The second-order valence-electron chi connectivity index (χ2n) is 7.58. The highest BCUT2D eigenvalue weighted by Crippen LogP contribution is 2.29. The van der Waals surface area contributed by atoms with Gasteiger partial charge in [-0.15, -0.1) is 0 Å². The number of carbonyl (C=O) groups is 2. The maximum atomic E-state index is 12.5. The van der Waals surface area contributed by atoms with Crippen molar-refractivity contribution in [2.24, 2.45) is 5.41 Å². The molecule has 0 aromatic heterocycles. The fourth-order valence-electron chi connectivity index (χ4n) is 3.55. The summed E-state index contributed by atoms with van der Waals surface area (Å²) in [6, 6.07) is 7.76. The third-order valence-corrected chi connectivity index (χ3v) is 5.17. The van der Waals surface area contributed by atoms with Crippen LogP contribution in [-0.4, -0.2) is 56.5 Å². The average Bonchev–Trinajstić information content (AvgIpc) is 2.62. The first-order valence-electron chi connectivity index (χ1n) is 9.54. The number of carbonyl (C=O) groups excluding carboxylic acids is 2. The number of amides is 1. The van der Waals surface area contributed by atoms with Crippen LogP contribution >= 0.6 is 0 Å². The van der Waals surface area contributed by atoms with Crippen LogP contribution in [0.1, 0.15) is 48.5 Å². The summed E-state index contributed by atoms with van der Waals surface area (Å²) in [6.45, 7) is 7.76. The minimum Gasteiger partial charge on any atom is -0.383 e. The van der Waals surface area contributed by atoms with Crippen LogP contribution in [0.3, 0.4) is 0 Å². The zero-order chi connectivity index (χ0) is 19.0. The maximum absolute atomic E-state index is 12.5. The second-order valence-corrected chi connectivity index (χ2v) is 7.58. The Hall–Kier alpha value is -1.72. The molecule has 1 N–H and O–H groups in total. The van der Waals surface area contributed by atoms with Crippen LogP contribution in [0.5, 0.6) is 0 Å². The summed E-state index contributed by atoms with van der Waals surface area (Å²) < 4.78 is 5.00. The van der Waals surface area contributed by atoms with Crippen molar-refractivity contribution in [2.45, 2.75) is 39.5 Å². The Labute approximate surface area is 157 Å². The molecule has 5 nitrogen and oxygen atoms in total. The van der Waals surface area contributed by atoms with Crippen LogP contribution in [0.25, 0.3) is 0 Å². The zero-order valence-electron chi connectivity index (χ0n) is 16.3. The van der Waals surface area contributed by atoms with Gasteiger partial charge in [0.25, 0.3) is 0 Å². The molecule has 0 aliphatic carbocycles. The number of ether oxygens (including phenoxy) is 1. The first kappa shape index (κ1) is 20.6. The van der Waals surface area contributed by atoms with Crippen LogP contribution in [0.15, 0.2) is 24.3 Å². The number of aryl methyl sites for hydroxylation is 1. The summed E-state index contributed by atoms with van der Waals surface area (Å²) in [6.07, 6.45) is 3.30. The normalized spacial score (nSPS) is 20.7. The summed E-state index contributed by atoms with van der Waals surface area (Å²) in [5.74, 6) is 0.303. The number of ketones is 1. The molecule has 1 unspecified atom stereocenters. The van der Waals surface area contributed by atoms with Gasteiger partial charge in [-0.25, -0.2) is 0 Å². The van der Waals surface area contributed by atoms with Gasteiger partial charge in [0.2, 0.25) is 5.91 Å². The largest absolute Gasteiger partial charge is 0.383 e. The molecule has 0 bridgehead atoms. The molecular formula is C21H32N2O3. The van der Waals surface area contributed by atoms with Gasteiger partial charge in [-0.1, -0.05) is 29.8 Å². The second kappa shape index (κ2) is 9.83. The Morgan fingerprint density at radius 3 is 2.69 bits per heavy atom. The van der Waals surface area contributed by atoms with E-state index in [2.05, 4.69) is 10.2 Å². The highest BCUT2D eigenvalue weighted by atomic mass is 16.5. The van der Waals surface area contributed by atoms with E-state index in [0.717, 1.165) is 50.0 Å². The fraction of sp³-hybridized carbons (Fsp3) is 0.619. The molecule has 1 atom stereocenters. The number of nitrogens with zero attached hydrogens (tertiary/aromatic N) is 1. The number of benzene rings is 1. The third-order valence-electron chi connectivity index (χ3n) is 5.17. The highest BCUT2D eigenvalue weighted by Gasteiger charge is 2.37. The Balaban J connectivity index is 1.77. The summed E-state index contributed by atoms with van der Waals surface area (Å²) in [5.41, 5.74) is 1.60. The first-order valence-corrected chi connectivity index (χ1v) is 9.54. The monoisotopic (exact) mass is 360 g/mol. The van der Waals surface area contributed by atoms with Crippen LogP contribution in [-0.2, 0) is 9.53 Å². The summed E-state index contributed by atoms with van der Waals surface area (Å²) in [5, 5.41) is 2.97. The molecule has 1 aliphatic heterocycles. The molecule has 1 aliphatic rings. The zero-order valence-corrected chi connectivity index (χ0v) is 16.3. The van der Waals surface area contributed by atoms with Crippen LogP contribution in [0, 0.1) is 12.3 Å². The van der Waals surface area contributed by atoms with Gasteiger partial charge in [0, 0.05) is 32.2 Å². The molecule has 1 aromatic rings. The molecule has 1 fully saturated rings. The highest BCUT2D eigenvalue weighted by molar-refractivity contribution is 5.96. The quantitative estimate of drug-likeness (QED) is 0.543. The average molecular weight is 360 g/mol. The predicted octanol–water partition coefficient (Wildman–Crippen LogP) is 2.82. The van der Waals surface area contributed by atoms with Crippen LogP contribution in [0.2, 0.25) is 0 Å². The lowest BCUT2D eigenvalue weighted by molar-refractivity contribution is -0.133. The maximum Gasteiger partial charge on any atom is 0.227 e. The van der Waals surface area contributed by atoms with E-state index in [9.17, 15) is 9.59 Å². The molecular weight excluding hydrogens is 328 g/mol. The molecule has 26 heavy (non-hydrogen) atoms. The number of nitrogens with one attached hydrogen (secondary N) is 1. The van der Waals surface area contributed by atoms with Gasteiger partial charge in [0.15, 0.2) is 5.78 Å². The van der Waals surface area contributed by atoms with Crippen molar-refractivity contribution in [3.8, 4) is 0 Å². The number of hydrogen-bond acceptors (Lipinski definition) is 4. The number of rotatable bonds is 9. The number of Topliss-reactive ketones (excluding diaryl/α,β-unsaturated/α-hetero) is 1. The summed E-state index contributed by atoms with van der Waals surface area (Å²) >= 11 is 0. The molecule has 144 valence electrons. The van der Waals surface area contributed by atoms with E-state index in [0.29, 0.717) is 19.6 Å². The van der Waals surface area contributed by atoms with Gasteiger partial charge in [-0.2, -0.15) is 0 Å². The lowest BCUT2D eigenvalue weighted by Crippen LogP contribution is -2.51. The van der Waals surface area contributed by atoms with Crippen molar-refractivity contribution in [1.29, 1.82) is 0 Å². The van der Waals surface area contributed by atoms with Gasteiger partial charge in [0.05, 0.1) is 12.0 Å². The van der Waals surface area contributed by atoms with Gasteiger partial charge < -0.3 is 15.0 Å². The van der Waals surface area contributed by atoms with Crippen molar-refractivity contribution in [2.75, 3.05) is 39.9 Å². The van der Waals surface area contributed by atoms with Crippen LogP contribution in [0.4, 0.5) is 0 Å². The Morgan fingerprint density at radius 2 is 2.00 bits per heavy atom. The van der Waals surface area contributed by atoms with Crippen molar-refractivity contribution in [3.63, 3.8) is 0 Å². The SMILES string of the molecule is COCCNC(=O)C1(C)CCCN(CCCC(=O)c2ccc(C)cc2)C1. The number of likely N-dealkylation sites (tertiary alicyclic amines) is 1. The summed E-state index contributed by atoms with van der Waals surface area (Å²) in [7, 11) is 1.63. The molecule has 1 amide bonds. The van der Waals surface area contributed by atoms with E-state index >= 15 is 0 Å². The van der Waals surface area contributed by atoms with Crippen molar-refractivity contribution in [3.05, 3.63) is 35.4 Å². The molecule has 1 aromatic carbocycles. The molecule has 0 saturated carbocycles. The molecule has 2 rings (SSSR count). The van der Waals surface area contributed by atoms with E-state index in [1.807, 2.05) is 38.1 Å². The fourth-order valence-corrected chi connectivity index (χ4v) is 3.55. The minimum atomic E-state index is -0.354. The lowest BCUT2D eigenvalue weighted by Gasteiger charge is -2.39. The molecule has 5 heteroatoms. The van der Waals surface area contributed by atoms with Crippen molar-refractivity contribution >= 4 is 11.7 Å².